The molecule has 2 heterocycles. The molecule has 1 atom stereocenters. The maximum atomic E-state index is 13.5. The van der Waals surface area contributed by atoms with Gasteiger partial charge in [0.05, 0.1) is 22.3 Å². The molecule has 3 aromatic rings. The standard InChI is InChI=1S/C25H21Cl2F3N6O2/c1-13-9-15(26)10-16(22(37)34-24(2,12-31)14-5-3-6-14)20(13)33-23(38)18-11-19(25(28,29)30)35-36(18)21-17(27)7-4-8-32-21/h4,7-11,14H,3,5-6H2,1-2H3,(H,33,38)(H,34,37). The first kappa shape index (κ1) is 27.4. The van der Waals surface area contributed by atoms with Gasteiger partial charge in [-0.25, -0.2) is 9.67 Å². The maximum absolute atomic E-state index is 13.5. The number of hydrogen-bond donors (Lipinski definition) is 2. The second-order valence-electron chi connectivity index (χ2n) is 9.13. The molecule has 38 heavy (non-hydrogen) atoms. The van der Waals surface area contributed by atoms with Gasteiger partial charge in [-0.15, -0.1) is 0 Å². The van der Waals surface area contributed by atoms with Crippen LogP contribution in [0, 0.1) is 24.2 Å². The fourth-order valence-electron chi connectivity index (χ4n) is 4.15. The van der Waals surface area contributed by atoms with Crippen molar-refractivity contribution in [3.05, 3.63) is 69.1 Å². The Balaban J connectivity index is 1.74. The van der Waals surface area contributed by atoms with Gasteiger partial charge in [-0.3, -0.25) is 9.59 Å². The van der Waals surface area contributed by atoms with E-state index in [0.29, 0.717) is 16.3 Å². The molecule has 0 bridgehead atoms. The predicted molar refractivity (Wildman–Crippen MR) is 134 cm³/mol. The highest BCUT2D eigenvalue weighted by Crippen LogP contribution is 2.37. The number of nitrogens with zero attached hydrogens (tertiary/aromatic N) is 4. The second kappa shape index (κ2) is 10.3. The van der Waals surface area contributed by atoms with Crippen LogP contribution in [0.25, 0.3) is 5.82 Å². The fourth-order valence-corrected chi connectivity index (χ4v) is 4.63. The number of pyridine rings is 1. The van der Waals surface area contributed by atoms with E-state index in [1.165, 1.54) is 30.5 Å². The number of amides is 2. The van der Waals surface area contributed by atoms with E-state index in [-0.39, 0.29) is 33.0 Å². The van der Waals surface area contributed by atoms with Crippen molar-refractivity contribution in [2.45, 2.75) is 44.8 Å². The Bertz CT molecular complexity index is 1460. The van der Waals surface area contributed by atoms with Crippen molar-refractivity contribution in [1.29, 1.82) is 5.26 Å². The number of anilines is 1. The van der Waals surface area contributed by atoms with Crippen LogP contribution < -0.4 is 10.6 Å². The number of rotatable bonds is 6. The summed E-state index contributed by atoms with van der Waals surface area (Å²) in [7, 11) is 0. The largest absolute Gasteiger partial charge is 0.435 e. The summed E-state index contributed by atoms with van der Waals surface area (Å²) in [6.07, 6.45) is -1.05. The van der Waals surface area contributed by atoms with Gasteiger partial charge in [0.15, 0.2) is 11.5 Å². The highest BCUT2D eigenvalue weighted by molar-refractivity contribution is 6.32. The predicted octanol–water partition coefficient (Wildman–Crippen LogP) is 5.97. The molecule has 13 heteroatoms. The number of aromatic nitrogens is 3. The topological polar surface area (TPSA) is 113 Å². The van der Waals surface area contributed by atoms with Gasteiger partial charge < -0.3 is 10.6 Å². The van der Waals surface area contributed by atoms with E-state index in [0.717, 1.165) is 19.3 Å². The minimum atomic E-state index is -4.86. The molecule has 1 aromatic carbocycles. The number of aryl methyl sites for hydroxylation is 1. The molecule has 2 aromatic heterocycles. The van der Waals surface area contributed by atoms with Gasteiger partial charge in [0, 0.05) is 17.3 Å². The lowest BCUT2D eigenvalue weighted by molar-refractivity contribution is -0.141. The van der Waals surface area contributed by atoms with Crippen LogP contribution in [0.3, 0.4) is 0 Å². The highest BCUT2D eigenvalue weighted by atomic mass is 35.5. The maximum Gasteiger partial charge on any atom is 0.435 e. The molecule has 8 nitrogen and oxygen atoms in total. The van der Waals surface area contributed by atoms with Gasteiger partial charge in [-0.05, 0) is 62.4 Å². The lowest BCUT2D eigenvalue weighted by Crippen LogP contribution is -2.52. The number of halogens is 5. The summed E-state index contributed by atoms with van der Waals surface area (Å²) < 4.78 is 41.2. The zero-order chi connectivity index (χ0) is 27.8. The Labute approximate surface area is 225 Å². The number of benzene rings is 1. The van der Waals surface area contributed by atoms with Gasteiger partial charge in [-0.2, -0.15) is 23.5 Å². The van der Waals surface area contributed by atoms with Crippen LogP contribution in [-0.2, 0) is 6.18 Å². The number of carbonyl (C=O) groups is 2. The molecule has 0 saturated heterocycles. The first-order valence-corrected chi connectivity index (χ1v) is 12.2. The third-order valence-corrected chi connectivity index (χ3v) is 7.00. The number of nitriles is 1. The Morgan fingerprint density at radius 1 is 1.18 bits per heavy atom. The molecule has 1 saturated carbocycles. The fraction of sp³-hybridized carbons (Fsp3) is 0.320. The van der Waals surface area contributed by atoms with Crippen molar-refractivity contribution < 1.29 is 22.8 Å². The van der Waals surface area contributed by atoms with E-state index >= 15 is 0 Å². The molecule has 0 aliphatic heterocycles. The number of alkyl halides is 3. The highest BCUT2D eigenvalue weighted by Gasteiger charge is 2.40. The lowest BCUT2D eigenvalue weighted by Gasteiger charge is -2.38. The first-order valence-electron chi connectivity index (χ1n) is 11.5. The summed E-state index contributed by atoms with van der Waals surface area (Å²) >= 11 is 12.3. The molecule has 2 N–H and O–H groups in total. The molecular weight excluding hydrogens is 544 g/mol. The van der Waals surface area contributed by atoms with Crippen molar-refractivity contribution >= 4 is 40.7 Å². The van der Waals surface area contributed by atoms with Crippen LogP contribution in [0.1, 0.15) is 58.3 Å². The van der Waals surface area contributed by atoms with Crippen LogP contribution in [0.15, 0.2) is 36.5 Å². The van der Waals surface area contributed by atoms with E-state index < -0.39 is 34.9 Å². The lowest BCUT2D eigenvalue weighted by atomic mass is 9.72. The summed E-state index contributed by atoms with van der Waals surface area (Å²) in [5.74, 6) is -1.89. The molecule has 1 fully saturated rings. The minimum absolute atomic E-state index is 0.0132. The smallest absolute Gasteiger partial charge is 0.334 e. The Kier molecular flexibility index (Phi) is 7.41. The third kappa shape index (κ3) is 5.33. The van der Waals surface area contributed by atoms with E-state index in [2.05, 4.69) is 26.8 Å². The van der Waals surface area contributed by atoms with Gasteiger partial charge in [0.2, 0.25) is 0 Å². The van der Waals surface area contributed by atoms with Gasteiger partial charge in [-0.1, -0.05) is 29.6 Å². The summed E-state index contributed by atoms with van der Waals surface area (Å²) in [4.78, 5) is 30.6. The zero-order valence-corrected chi connectivity index (χ0v) is 21.7. The van der Waals surface area contributed by atoms with Crippen molar-refractivity contribution in [3.8, 4) is 11.9 Å². The van der Waals surface area contributed by atoms with E-state index in [1.807, 2.05) is 0 Å². The van der Waals surface area contributed by atoms with Crippen LogP contribution in [0.2, 0.25) is 10.0 Å². The summed E-state index contributed by atoms with van der Waals surface area (Å²) in [6, 6.07) is 8.38. The minimum Gasteiger partial charge on any atom is -0.334 e. The average molecular weight is 565 g/mol. The Morgan fingerprint density at radius 2 is 1.89 bits per heavy atom. The van der Waals surface area contributed by atoms with Crippen LogP contribution in [0.5, 0.6) is 0 Å². The first-order chi connectivity index (χ1) is 17.8. The van der Waals surface area contributed by atoms with Crippen molar-refractivity contribution in [2.75, 3.05) is 5.32 Å². The van der Waals surface area contributed by atoms with E-state index in [4.69, 9.17) is 23.2 Å². The second-order valence-corrected chi connectivity index (χ2v) is 9.97. The van der Waals surface area contributed by atoms with Gasteiger partial charge in [0.1, 0.15) is 11.2 Å². The Morgan fingerprint density at radius 3 is 2.47 bits per heavy atom. The molecule has 0 spiro atoms. The zero-order valence-electron chi connectivity index (χ0n) is 20.2. The molecule has 4 rings (SSSR count). The quantitative estimate of drug-likeness (QED) is 0.383. The Hall–Kier alpha value is -3.62. The summed E-state index contributed by atoms with van der Waals surface area (Å²) in [5, 5.41) is 18.7. The third-order valence-electron chi connectivity index (χ3n) is 6.48. The molecule has 1 aliphatic carbocycles. The number of nitrogens with one attached hydrogen (secondary N) is 2. The van der Waals surface area contributed by atoms with Gasteiger partial charge in [0.25, 0.3) is 11.8 Å². The van der Waals surface area contributed by atoms with Crippen molar-refractivity contribution in [3.63, 3.8) is 0 Å². The molecule has 0 radical (unpaired) electrons. The SMILES string of the molecule is Cc1cc(Cl)cc(C(=O)NC(C)(C#N)C2CCC2)c1NC(=O)c1cc(C(F)(F)F)nn1-c1ncccc1Cl. The van der Waals surface area contributed by atoms with E-state index in [1.54, 1.807) is 13.8 Å². The summed E-state index contributed by atoms with van der Waals surface area (Å²) in [6.45, 7) is 3.19. The normalized spacial score (nSPS) is 15.2. The molecule has 1 aliphatic rings. The summed E-state index contributed by atoms with van der Waals surface area (Å²) in [5.41, 5.74) is -2.67. The number of carbonyl (C=O) groups excluding carboxylic acids is 2. The molecule has 2 amide bonds. The van der Waals surface area contributed by atoms with Crippen LogP contribution in [0.4, 0.5) is 18.9 Å². The van der Waals surface area contributed by atoms with Gasteiger partial charge >= 0.3 is 6.18 Å². The molecule has 1 unspecified atom stereocenters. The van der Waals surface area contributed by atoms with E-state index in [9.17, 15) is 28.0 Å². The van der Waals surface area contributed by atoms with Crippen LogP contribution >= 0.6 is 23.2 Å². The van der Waals surface area contributed by atoms with Crippen molar-refractivity contribution in [1.82, 2.24) is 20.1 Å². The molecule has 198 valence electrons. The number of hydrogen-bond acceptors (Lipinski definition) is 5. The van der Waals surface area contributed by atoms with Crippen molar-refractivity contribution in [2.24, 2.45) is 5.92 Å². The monoisotopic (exact) mass is 564 g/mol. The van der Waals surface area contributed by atoms with Crippen LogP contribution in [-0.4, -0.2) is 32.1 Å². The molecular formula is C25H21Cl2F3N6O2. The average Bonchev–Trinajstić information content (AvgIpc) is 3.25.